The monoisotopic (exact) mass is 392 g/mol. The minimum atomic E-state index is -0.488. The van der Waals surface area contributed by atoms with Crippen LogP contribution in [0.25, 0.3) is 0 Å². The number of hydrogen-bond acceptors (Lipinski definition) is 4. The Morgan fingerprint density at radius 3 is 2.42 bits per heavy atom. The van der Waals surface area contributed by atoms with Crippen LogP contribution in [0.3, 0.4) is 0 Å². The number of benzene rings is 1. The second kappa shape index (κ2) is 6.77. The smallest absolute Gasteiger partial charge is 0.316 e. The lowest BCUT2D eigenvalue weighted by Gasteiger charge is -2.45. The Labute approximate surface area is 152 Å². The van der Waals surface area contributed by atoms with Gasteiger partial charge in [-0.05, 0) is 75.5 Å². The van der Waals surface area contributed by atoms with Crippen molar-refractivity contribution in [1.82, 2.24) is 10.2 Å². The van der Waals surface area contributed by atoms with Crippen molar-refractivity contribution in [3.63, 3.8) is 0 Å². The molecule has 4 aliphatic heterocycles. The van der Waals surface area contributed by atoms with Gasteiger partial charge in [-0.25, -0.2) is 0 Å². The maximum atomic E-state index is 13.3. The summed E-state index contributed by atoms with van der Waals surface area (Å²) in [5.74, 6) is 0.549. The standard InChI is InChI=1S/C19H25BrN2O2/c20-16-3-1-15(2-4-16)19(7-9-21-10-8-19)18(23)24-17-13-22-11-5-14(17)6-12-22/h1-4,14,17,21H,5-13H2/t17-/m0/s1. The third-order valence-electron chi connectivity index (χ3n) is 6.10. The molecule has 24 heavy (non-hydrogen) atoms. The van der Waals surface area contributed by atoms with Crippen molar-refractivity contribution in [2.45, 2.75) is 37.2 Å². The number of esters is 1. The van der Waals surface area contributed by atoms with Gasteiger partial charge in [-0.15, -0.1) is 0 Å². The molecule has 2 bridgehead atoms. The second-order valence-corrected chi connectivity index (χ2v) is 8.34. The van der Waals surface area contributed by atoms with Gasteiger partial charge in [-0.2, -0.15) is 0 Å². The summed E-state index contributed by atoms with van der Waals surface area (Å²) in [6.45, 7) is 4.99. The molecule has 4 fully saturated rings. The van der Waals surface area contributed by atoms with Gasteiger partial charge < -0.3 is 10.1 Å². The molecule has 1 aromatic carbocycles. The van der Waals surface area contributed by atoms with E-state index in [1.54, 1.807) is 0 Å². The molecule has 130 valence electrons. The average Bonchev–Trinajstić information content (AvgIpc) is 2.64. The molecule has 0 radical (unpaired) electrons. The minimum Gasteiger partial charge on any atom is -0.460 e. The molecule has 5 heteroatoms. The van der Waals surface area contributed by atoms with E-state index in [1.807, 2.05) is 12.1 Å². The first-order chi connectivity index (χ1) is 11.7. The average molecular weight is 393 g/mol. The van der Waals surface area contributed by atoms with E-state index in [0.29, 0.717) is 5.92 Å². The summed E-state index contributed by atoms with van der Waals surface area (Å²) in [5.41, 5.74) is 0.608. The molecule has 0 spiro atoms. The van der Waals surface area contributed by atoms with E-state index < -0.39 is 5.41 Å². The number of hydrogen-bond donors (Lipinski definition) is 1. The number of piperidine rings is 4. The van der Waals surface area contributed by atoms with Crippen LogP contribution in [0.1, 0.15) is 31.2 Å². The molecule has 4 nitrogen and oxygen atoms in total. The molecule has 0 aliphatic carbocycles. The number of fused-ring (bicyclic) bond motifs is 3. The summed E-state index contributed by atoms with van der Waals surface area (Å²) >= 11 is 3.49. The summed E-state index contributed by atoms with van der Waals surface area (Å²) in [4.78, 5) is 15.7. The first kappa shape index (κ1) is 16.6. The molecule has 4 aliphatic rings. The Bertz CT molecular complexity index is 590. The van der Waals surface area contributed by atoms with E-state index in [-0.39, 0.29) is 12.1 Å². The van der Waals surface area contributed by atoms with E-state index in [1.165, 1.54) is 25.9 Å². The largest absolute Gasteiger partial charge is 0.460 e. The number of carbonyl (C=O) groups excluding carboxylic acids is 1. The summed E-state index contributed by atoms with van der Waals surface area (Å²) in [7, 11) is 0. The van der Waals surface area contributed by atoms with Gasteiger partial charge in [0.15, 0.2) is 0 Å². The minimum absolute atomic E-state index is 0.00919. The molecule has 1 atom stereocenters. The van der Waals surface area contributed by atoms with Crippen molar-refractivity contribution >= 4 is 21.9 Å². The Kier molecular flexibility index (Phi) is 4.67. The van der Waals surface area contributed by atoms with E-state index >= 15 is 0 Å². The number of nitrogens with one attached hydrogen (secondary N) is 1. The van der Waals surface area contributed by atoms with E-state index in [9.17, 15) is 4.79 Å². The topological polar surface area (TPSA) is 41.6 Å². The fourth-order valence-electron chi connectivity index (χ4n) is 4.53. The molecule has 1 N–H and O–H groups in total. The van der Waals surface area contributed by atoms with Gasteiger partial charge in [0.1, 0.15) is 6.10 Å². The summed E-state index contributed by atoms with van der Waals surface area (Å²) in [5, 5.41) is 3.38. The van der Waals surface area contributed by atoms with Gasteiger partial charge >= 0.3 is 5.97 Å². The fourth-order valence-corrected chi connectivity index (χ4v) is 4.79. The van der Waals surface area contributed by atoms with Crippen molar-refractivity contribution in [2.75, 3.05) is 32.7 Å². The van der Waals surface area contributed by atoms with Crippen molar-refractivity contribution in [3.8, 4) is 0 Å². The van der Waals surface area contributed by atoms with Crippen LogP contribution in [-0.4, -0.2) is 49.7 Å². The zero-order valence-corrected chi connectivity index (χ0v) is 15.6. The van der Waals surface area contributed by atoms with Crippen LogP contribution < -0.4 is 5.32 Å². The van der Waals surface area contributed by atoms with Gasteiger partial charge in [0.05, 0.1) is 5.41 Å². The molecule has 0 saturated carbocycles. The summed E-state index contributed by atoms with van der Waals surface area (Å²) in [6.07, 6.45) is 4.06. The van der Waals surface area contributed by atoms with Crippen molar-refractivity contribution in [3.05, 3.63) is 34.3 Å². The molecule has 0 aromatic heterocycles. The van der Waals surface area contributed by atoms with Crippen molar-refractivity contribution < 1.29 is 9.53 Å². The SMILES string of the molecule is O=C(O[C@H]1CN2CCC1CC2)C1(c2ccc(Br)cc2)CCNCC1. The number of carbonyl (C=O) groups is 1. The predicted octanol–water partition coefficient (Wildman–Crippen LogP) is 2.71. The van der Waals surface area contributed by atoms with Crippen LogP contribution in [-0.2, 0) is 14.9 Å². The van der Waals surface area contributed by atoms with E-state index in [0.717, 1.165) is 42.5 Å². The Morgan fingerprint density at radius 1 is 1.17 bits per heavy atom. The normalized spacial score (nSPS) is 31.6. The number of rotatable bonds is 3. The summed E-state index contributed by atoms with van der Waals surface area (Å²) in [6, 6.07) is 8.21. The van der Waals surface area contributed by atoms with Gasteiger partial charge in [0, 0.05) is 11.0 Å². The van der Waals surface area contributed by atoms with Crippen LogP contribution in [0.15, 0.2) is 28.7 Å². The lowest BCUT2D eigenvalue weighted by atomic mass is 9.73. The quantitative estimate of drug-likeness (QED) is 0.802. The highest BCUT2D eigenvalue weighted by Gasteiger charge is 2.45. The van der Waals surface area contributed by atoms with Crippen LogP contribution in [0, 0.1) is 5.92 Å². The van der Waals surface area contributed by atoms with Crippen molar-refractivity contribution in [2.24, 2.45) is 5.92 Å². The molecular weight excluding hydrogens is 368 g/mol. The van der Waals surface area contributed by atoms with Crippen LogP contribution in [0.2, 0.25) is 0 Å². The van der Waals surface area contributed by atoms with E-state index in [2.05, 4.69) is 38.3 Å². The second-order valence-electron chi connectivity index (χ2n) is 7.42. The molecule has 0 unspecified atom stereocenters. The van der Waals surface area contributed by atoms with Gasteiger partial charge in [0.25, 0.3) is 0 Å². The maximum Gasteiger partial charge on any atom is 0.316 e. The van der Waals surface area contributed by atoms with Crippen LogP contribution in [0.5, 0.6) is 0 Å². The lowest BCUT2D eigenvalue weighted by molar-refractivity contribution is -0.167. The zero-order chi connectivity index (χ0) is 16.6. The first-order valence-electron chi connectivity index (χ1n) is 9.08. The first-order valence-corrected chi connectivity index (χ1v) is 9.87. The van der Waals surface area contributed by atoms with Gasteiger partial charge in [-0.3, -0.25) is 9.69 Å². The summed E-state index contributed by atoms with van der Waals surface area (Å²) < 4.78 is 7.18. The highest BCUT2D eigenvalue weighted by molar-refractivity contribution is 9.10. The third kappa shape index (κ3) is 3.02. The molecule has 4 heterocycles. The van der Waals surface area contributed by atoms with Crippen LogP contribution >= 0.6 is 15.9 Å². The predicted molar refractivity (Wildman–Crippen MR) is 97.0 cm³/mol. The number of nitrogens with zero attached hydrogens (tertiary/aromatic N) is 1. The lowest BCUT2D eigenvalue weighted by Crippen LogP contribution is -2.54. The number of ether oxygens (including phenoxy) is 1. The highest BCUT2D eigenvalue weighted by atomic mass is 79.9. The van der Waals surface area contributed by atoms with Crippen LogP contribution in [0.4, 0.5) is 0 Å². The van der Waals surface area contributed by atoms with Gasteiger partial charge in [0.2, 0.25) is 0 Å². The molecule has 5 rings (SSSR count). The number of halogens is 1. The Hall–Kier alpha value is -0.910. The Morgan fingerprint density at radius 2 is 1.83 bits per heavy atom. The molecular formula is C19H25BrN2O2. The van der Waals surface area contributed by atoms with Gasteiger partial charge in [-0.1, -0.05) is 28.1 Å². The van der Waals surface area contributed by atoms with Crippen molar-refractivity contribution in [1.29, 1.82) is 0 Å². The van der Waals surface area contributed by atoms with E-state index in [4.69, 9.17) is 4.74 Å². The zero-order valence-electron chi connectivity index (χ0n) is 14.0. The Balaban J connectivity index is 1.56. The third-order valence-corrected chi connectivity index (χ3v) is 6.63. The maximum absolute atomic E-state index is 13.3. The fraction of sp³-hybridized carbons (Fsp3) is 0.632. The molecule has 1 aromatic rings. The molecule has 4 saturated heterocycles. The highest BCUT2D eigenvalue weighted by Crippen LogP contribution is 2.38. The molecule has 0 amide bonds.